The van der Waals surface area contributed by atoms with E-state index < -0.39 is 23.6 Å². The monoisotopic (exact) mass is 341 g/mol. The van der Waals surface area contributed by atoms with Gasteiger partial charge in [0.25, 0.3) is 5.91 Å². The van der Waals surface area contributed by atoms with Crippen LogP contribution in [0.5, 0.6) is 0 Å². The summed E-state index contributed by atoms with van der Waals surface area (Å²) in [5.41, 5.74) is 0.106. The second-order valence-corrected chi connectivity index (χ2v) is 4.77. The molecule has 1 aromatic rings. The summed E-state index contributed by atoms with van der Waals surface area (Å²) in [5, 5.41) is 2.63. The van der Waals surface area contributed by atoms with Crippen molar-refractivity contribution in [3.8, 4) is 0 Å². The average Bonchev–Trinajstić information content (AvgIpc) is 2.41. The molecule has 0 aliphatic carbocycles. The molecule has 0 radical (unpaired) electrons. The molecule has 0 aromatic heterocycles. The summed E-state index contributed by atoms with van der Waals surface area (Å²) in [5.74, 6) is -3.50. The molecule has 0 saturated carbocycles. The molecular formula is C12H8Cl2F3NO3. The Kier molecular flexibility index (Phi) is 4.53. The summed E-state index contributed by atoms with van der Waals surface area (Å²) >= 11 is 11.5. The SMILES string of the molecule is O=C(Nc1ccc(Cl)cc1Cl)C1=C(C(F)(F)F)OCCO1. The highest BCUT2D eigenvalue weighted by Crippen LogP contribution is 2.32. The molecule has 1 N–H and O–H groups in total. The van der Waals surface area contributed by atoms with Gasteiger partial charge in [0.1, 0.15) is 13.2 Å². The number of ether oxygens (including phenoxy) is 2. The van der Waals surface area contributed by atoms with Crippen LogP contribution >= 0.6 is 23.2 Å². The summed E-state index contributed by atoms with van der Waals surface area (Å²) in [6, 6.07) is 4.14. The molecule has 114 valence electrons. The van der Waals surface area contributed by atoms with E-state index in [0.29, 0.717) is 5.02 Å². The van der Waals surface area contributed by atoms with Gasteiger partial charge in [0, 0.05) is 5.02 Å². The first-order chi connectivity index (χ1) is 9.79. The van der Waals surface area contributed by atoms with Crippen LogP contribution in [0.4, 0.5) is 18.9 Å². The number of allylic oxidation sites excluding steroid dienone is 1. The number of hydrogen-bond donors (Lipinski definition) is 1. The van der Waals surface area contributed by atoms with E-state index in [4.69, 9.17) is 27.9 Å². The van der Waals surface area contributed by atoms with Crippen LogP contribution in [0.3, 0.4) is 0 Å². The molecule has 9 heteroatoms. The van der Waals surface area contributed by atoms with Gasteiger partial charge in [-0.05, 0) is 18.2 Å². The van der Waals surface area contributed by atoms with E-state index in [1.165, 1.54) is 18.2 Å². The molecule has 0 spiro atoms. The highest BCUT2D eigenvalue weighted by atomic mass is 35.5. The van der Waals surface area contributed by atoms with Crippen molar-refractivity contribution in [1.29, 1.82) is 0 Å². The number of carbonyl (C=O) groups is 1. The molecule has 1 aliphatic heterocycles. The Bertz CT molecular complexity index is 602. The van der Waals surface area contributed by atoms with Gasteiger partial charge in [-0.25, -0.2) is 0 Å². The predicted molar refractivity (Wildman–Crippen MR) is 70.1 cm³/mol. The van der Waals surface area contributed by atoms with Crippen molar-refractivity contribution in [2.24, 2.45) is 0 Å². The smallest absolute Gasteiger partial charge is 0.453 e. The van der Waals surface area contributed by atoms with Gasteiger partial charge in [-0.1, -0.05) is 23.2 Å². The van der Waals surface area contributed by atoms with E-state index >= 15 is 0 Å². The third kappa shape index (κ3) is 3.74. The third-order valence-electron chi connectivity index (χ3n) is 2.43. The molecule has 2 rings (SSSR count). The number of benzene rings is 1. The fourth-order valence-electron chi connectivity index (χ4n) is 1.57. The van der Waals surface area contributed by atoms with Gasteiger partial charge in [0.05, 0.1) is 10.7 Å². The molecule has 1 heterocycles. The Morgan fingerprint density at radius 3 is 2.48 bits per heavy atom. The molecule has 21 heavy (non-hydrogen) atoms. The molecule has 1 aliphatic rings. The first-order valence-corrected chi connectivity index (χ1v) is 6.38. The fourth-order valence-corrected chi connectivity index (χ4v) is 2.02. The van der Waals surface area contributed by atoms with Crippen LogP contribution < -0.4 is 5.32 Å². The van der Waals surface area contributed by atoms with E-state index in [0.717, 1.165) is 0 Å². The van der Waals surface area contributed by atoms with E-state index in [-0.39, 0.29) is 23.9 Å². The van der Waals surface area contributed by atoms with E-state index in [2.05, 4.69) is 10.1 Å². The van der Waals surface area contributed by atoms with Gasteiger partial charge in [-0.3, -0.25) is 4.79 Å². The zero-order valence-electron chi connectivity index (χ0n) is 10.3. The maximum Gasteiger partial charge on any atom is 0.453 e. The Morgan fingerprint density at radius 2 is 1.86 bits per heavy atom. The van der Waals surface area contributed by atoms with Crippen LogP contribution in [0.2, 0.25) is 10.0 Å². The van der Waals surface area contributed by atoms with Crippen LogP contribution in [-0.2, 0) is 14.3 Å². The number of nitrogens with one attached hydrogen (secondary N) is 1. The number of alkyl halides is 3. The van der Waals surface area contributed by atoms with Crippen molar-refractivity contribution in [1.82, 2.24) is 0 Å². The quantitative estimate of drug-likeness (QED) is 0.891. The number of rotatable bonds is 2. The third-order valence-corrected chi connectivity index (χ3v) is 2.97. The normalized spacial score (nSPS) is 15.3. The lowest BCUT2D eigenvalue weighted by Crippen LogP contribution is -2.30. The average molecular weight is 342 g/mol. The number of carbonyl (C=O) groups excluding carboxylic acids is 1. The Labute approximate surface area is 127 Å². The minimum Gasteiger partial charge on any atom is -0.483 e. The van der Waals surface area contributed by atoms with E-state index in [9.17, 15) is 18.0 Å². The summed E-state index contributed by atoms with van der Waals surface area (Å²) in [6.45, 7) is -0.440. The largest absolute Gasteiger partial charge is 0.483 e. The molecule has 4 nitrogen and oxygen atoms in total. The molecule has 0 saturated heterocycles. The summed E-state index contributed by atoms with van der Waals surface area (Å²) in [6.07, 6.45) is -4.82. The first-order valence-electron chi connectivity index (χ1n) is 5.62. The minimum absolute atomic E-state index is 0.0849. The second kappa shape index (κ2) is 6.03. The van der Waals surface area contributed by atoms with Crippen molar-refractivity contribution in [2.45, 2.75) is 6.18 Å². The summed E-state index contributed by atoms with van der Waals surface area (Å²) in [7, 11) is 0. The fraction of sp³-hybridized carbons (Fsp3) is 0.250. The van der Waals surface area contributed by atoms with Crippen molar-refractivity contribution < 1.29 is 27.4 Å². The van der Waals surface area contributed by atoms with Crippen molar-refractivity contribution in [3.63, 3.8) is 0 Å². The van der Waals surface area contributed by atoms with E-state index in [1.807, 2.05) is 0 Å². The van der Waals surface area contributed by atoms with Crippen LogP contribution in [0.15, 0.2) is 29.7 Å². The number of amides is 1. The van der Waals surface area contributed by atoms with Crippen LogP contribution in [0.1, 0.15) is 0 Å². The zero-order chi connectivity index (χ0) is 15.6. The lowest BCUT2D eigenvalue weighted by molar-refractivity contribution is -0.151. The van der Waals surface area contributed by atoms with Crippen LogP contribution in [-0.4, -0.2) is 25.3 Å². The molecule has 1 aromatic carbocycles. The van der Waals surface area contributed by atoms with Gasteiger partial charge in [-0.15, -0.1) is 0 Å². The highest BCUT2D eigenvalue weighted by molar-refractivity contribution is 6.36. The second-order valence-electron chi connectivity index (χ2n) is 3.93. The summed E-state index contributed by atoms with van der Waals surface area (Å²) < 4.78 is 47.5. The van der Waals surface area contributed by atoms with E-state index in [1.54, 1.807) is 0 Å². The maximum atomic E-state index is 12.7. The van der Waals surface area contributed by atoms with Gasteiger partial charge < -0.3 is 14.8 Å². The lowest BCUT2D eigenvalue weighted by Gasteiger charge is -2.22. The topological polar surface area (TPSA) is 47.6 Å². The van der Waals surface area contributed by atoms with Crippen LogP contribution in [0, 0.1) is 0 Å². The number of hydrogen-bond acceptors (Lipinski definition) is 3. The Hall–Kier alpha value is -1.60. The Morgan fingerprint density at radius 1 is 1.19 bits per heavy atom. The number of anilines is 1. The molecule has 0 atom stereocenters. The summed E-state index contributed by atoms with van der Waals surface area (Å²) in [4.78, 5) is 11.9. The zero-order valence-corrected chi connectivity index (χ0v) is 11.8. The first kappa shape index (κ1) is 15.8. The molecule has 0 bridgehead atoms. The van der Waals surface area contributed by atoms with Gasteiger partial charge in [-0.2, -0.15) is 13.2 Å². The molecule has 0 unspecified atom stereocenters. The van der Waals surface area contributed by atoms with Gasteiger partial charge in [0.15, 0.2) is 0 Å². The van der Waals surface area contributed by atoms with Crippen molar-refractivity contribution in [2.75, 3.05) is 18.5 Å². The van der Waals surface area contributed by atoms with Crippen LogP contribution in [0.25, 0.3) is 0 Å². The van der Waals surface area contributed by atoms with Gasteiger partial charge in [0.2, 0.25) is 11.5 Å². The standard InChI is InChI=1S/C12H8Cl2F3NO3/c13-6-1-2-8(7(14)5-6)18-11(19)9-10(12(15,16)17)21-4-3-20-9/h1-2,5H,3-4H2,(H,18,19). The van der Waals surface area contributed by atoms with Gasteiger partial charge >= 0.3 is 6.18 Å². The maximum absolute atomic E-state index is 12.7. The van der Waals surface area contributed by atoms with Crippen molar-refractivity contribution >= 4 is 34.8 Å². The minimum atomic E-state index is -4.82. The predicted octanol–water partition coefficient (Wildman–Crippen LogP) is 3.75. The highest BCUT2D eigenvalue weighted by Gasteiger charge is 2.43. The lowest BCUT2D eigenvalue weighted by atomic mass is 10.3. The molecule has 1 amide bonds. The molecular weight excluding hydrogens is 334 g/mol. The number of halogens is 5. The Balaban J connectivity index is 2.27. The molecule has 0 fully saturated rings. The van der Waals surface area contributed by atoms with Crippen molar-refractivity contribution in [3.05, 3.63) is 39.8 Å².